The number of aryl methyl sites for hydroxylation is 1. The fraction of sp³-hybridized carbons (Fsp3) is 0.500. The molecule has 1 aromatic carbocycles. The molecule has 0 N–H and O–H groups in total. The maximum absolute atomic E-state index is 12.8. The van der Waals surface area contributed by atoms with Gasteiger partial charge in [-0.1, -0.05) is 55.3 Å². The van der Waals surface area contributed by atoms with Gasteiger partial charge in [0.05, 0.1) is 5.41 Å². The SMILES string of the molecule is [2H]C1C(=Cc2ccc(C)cc2)C2(C)C(=O)C([2H])([2H])C1([2H])C2(C)C. The third kappa shape index (κ3) is 1.57. The summed E-state index contributed by atoms with van der Waals surface area (Å²) in [5.41, 5.74) is 0.489. The van der Waals surface area contributed by atoms with Crippen LogP contribution in [-0.4, -0.2) is 5.78 Å². The highest BCUT2D eigenvalue weighted by Crippen LogP contribution is 2.66. The Labute approximate surface area is 121 Å². The molecule has 0 aliphatic heterocycles. The topological polar surface area (TPSA) is 17.1 Å². The molecule has 0 saturated heterocycles. The van der Waals surface area contributed by atoms with Crippen molar-refractivity contribution in [2.45, 2.75) is 40.5 Å². The molecular formula is C18H22O. The lowest BCUT2D eigenvalue weighted by Crippen LogP contribution is -2.33. The summed E-state index contributed by atoms with van der Waals surface area (Å²) < 4.78 is 33.6. The molecular weight excluding hydrogens is 232 g/mol. The standard InChI is InChI=1S/C18H22O/c1-12-5-7-13(8-6-12)9-15-10-14-11-16(19)18(15,4)17(14,2)3/h5-9,14H,10-11H2,1-4H3/i10D,11D2,14D. The first kappa shape index (κ1) is 8.73. The number of hydrogen-bond acceptors (Lipinski definition) is 1. The molecule has 2 aliphatic carbocycles. The molecule has 0 spiro atoms. The van der Waals surface area contributed by atoms with Crippen LogP contribution in [0, 0.1) is 23.6 Å². The number of benzene rings is 1. The van der Waals surface area contributed by atoms with Crippen molar-refractivity contribution in [3.8, 4) is 0 Å². The molecule has 0 amide bonds. The van der Waals surface area contributed by atoms with E-state index in [2.05, 4.69) is 0 Å². The van der Waals surface area contributed by atoms with E-state index in [0.29, 0.717) is 5.57 Å². The maximum Gasteiger partial charge on any atom is 0.143 e. The van der Waals surface area contributed by atoms with E-state index in [1.54, 1.807) is 20.8 Å². The van der Waals surface area contributed by atoms with E-state index >= 15 is 0 Å². The van der Waals surface area contributed by atoms with Crippen LogP contribution in [0.5, 0.6) is 0 Å². The molecule has 2 fully saturated rings. The molecule has 2 aliphatic rings. The Morgan fingerprint density at radius 3 is 2.53 bits per heavy atom. The molecule has 3 rings (SSSR count). The van der Waals surface area contributed by atoms with E-state index in [0.717, 1.165) is 11.1 Å². The number of carbonyl (C=O) groups is 1. The zero-order chi connectivity index (χ0) is 17.4. The van der Waals surface area contributed by atoms with Crippen LogP contribution in [0.1, 0.15) is 50.2 Å². The largest absolute Gasteiger partial charge is 0.299 e. The summed E-state index contributed by atoms with van der Waals surface area (Å²) in [6, 6.07) is 7.77. The van der Waals surface area contributed by atoms with Crippen molar-refractivity contribution in [3.63, 3.8) is 0 Å². The fourth-order valence-electron chi connectivity index (χ4n) is 2.99. The van der Waals surface area contributed by atoms with Crippen molar-refractivity contribution >= 4 is 11.9 Å². The highest BCUT2D eigenvalue weighted by Gasteiger charge is 2.63. The number of rotatable bonds is 1. The molecule has 100 valence electrons. The first-order valence-corrected chi connectivity index (χ1v) is 6.68. The maximum atomic E-state index is 12.8. The normalized spacial score (nSPS) is 47.7. The summed E-state index contributed by atoms with van der Waals surface area (Å²) in [6.07, 6.45) is -1.55. The number of hydrogen-bond donors (Lipinski definition) is 0. The smallest absolute Gasteiger partial charge is 0.143 e. The number of carbonyl (C=O) groups excluding carboxylic acids is 1. The number of fused-ring (bicyclic) bond motifs is 2. The summed E-state index contributed by atoms with van der Waals surface area (Å²) in [6.45, 7) is 7.20. The lowest BCUT2D eigenvalue weighted by Gasteiger charge is -2.33. The van der Waals surface area contributed by atoms with Crippen molar-refractivity contribution in [2.75, 3.05) is 0 Å². The Kier molecular flexibility index (Phi) is 1.75. The van der Waals surface area contributed by atoms with E-state index in [4.69, 9.17) is 5.48 Å². The number of Topliss-reactive ketones (excluding diaryl/α,β-unsaturated/α-hetero) is 1. The second-order valence-electron chi connectivity index (χ2n) is 6.27. The van der Waals surface area contributed by atoms with Gasteiger partial charge in [0.1, 0.15) is 5.78 Å². The van der Waals surface area contributed by atoms with E-state index in [9.17, 15) is 4.79 Å². The van der Waals surface area contributed by atoms with E-state index in [1.165, 1.54) is 0 Å². The summed E-state index contributed by atoms with van der Waals surface area (Å²) in [4.78, 5) is 12.8. The van der Waals surface area contributed by atoms with Crippen LogP contribution in [0.25, 0.3) is 6.08 Å². The Bertz CT molecular complexity index is 719. The monoisotopic (exact) mass is 258 g/mol. The molecule has 0 aromatic heterocycles. The van der Waals surface area contributed by atoms with Crippen molar-refractivity contribution in [2.24, 2.45) is 16.7 Å². The lowest BCUT2D eigenvalue weighted by atomic mass is 9.68. The van der Waals surface area contributed by atoms with E-state index in [1.807, 2.05) is 37.3 Å². The van der Waals surface area contributed by atoms with Crippen LogP contribution in [0.3, 0.4) is 0 Å². The summed E-state index contributed by atoms with van der Waals surface area (Å²) in [5, 5.41) is 0. The van der Waals surface area contributed by atoms with Crippen LogP contribution in [0.4, 0.5) is 0 Å². The summed E-state index contributed by atoms with van der Waals surface area (Å²) >= 11 is 0. The zero-order valence-electron chi connectivity index (χ0n) is 15.9. The van der Waals surface area contributed by atoms with Crippen molar-refractivity contribution < 1.29 is 10.3 Å². The van der Waals surface area contributed by atoms with Gasteiger partial charge in [0.2, 0.25) is 0 Å². The second-order valence-corrected chi connectivity index (χ2v) is 6.27. The highest BCUT2D eigenvalue weighted by atomic mass is 16.1. The zero-order valence-corrected chi connectivity index (χ0v) is 11.9. The Morgan fingerprint density at radius 2 is 1.95 bits per heavy atom. The molecule has 1 heteroatoms. The summed E-state index contributed by atoms with van der Waals surface area (Å²) in [7, 11) is 0. The minimum Gasteiger partial charge on any atom is -0.299 e. The van der Waals surface area contributed by atoms with E-state index < -0.39 is 35.3 Å². The van der Waals surface area contributed by atoms with Crippen LogP contribution in [-0.2, 0) is 4.79 Å². The average molecular weight is 258 g/mol. The second kappa shape index (κ2) is 3.82. The predicted molar refractivity (Wildman–Crippen MR) is 78.8 cm³/mol. The van der Waals surface area contributed by atoms with Gasteiger partial charge in [-0.2, -0.15) is 0 Å². The van der Waals surface area contributed by atoms with Gasteiger partial charge in [-0.3, -0.25) is 4.79 Å². The van der Waals surface area contributed by atoms with Crippen molar-refractivity contribution in [1.29, 1.82) is 0 Å². The minimum absolute atomic E-state index is 0.557. The highest BCUT2D eigenvalue weighted by molar-refractivity contribution is 5.94. The molecule has 2 saturated carbocycles. The van der Waals surface area contributed by atoms with Gasteiger partial charge in [-0.25, -0.2) is 0 Å². The van der Waals surface area contributed by atoms with Gasteiger partial charge in [0, 0.05) is 11.9 Å². The molecule has 3 unspecified atom stereocenters. The Hall–Kier alpha value is -1.37. The lowest BCUT2D eigenvalue weighted by molar-refractivity contribution is -0.125. The van der Waals surface area contributed by atoms with Crippen LogP contribution in [0.2, 0.25) is 0 Å². The number of ketones is 1. The first-order chi connectivity index (χ1) is 10.4. The van der Waals surface area contributed by atoms with Crippen LogP contribution in [0.15, 0.2) is 29.8 Å². The molecule has 0 radical (unpaired) electrons. The third-order valence-electron chi connectivity index (χ3n) is 4.90. The Balaban J connectivity index is 2.23. The molecule has 1 aromatic rings. The van der Waals surface area contributed by atoms with Crippen molar-refractivity contribution in [1.82, 2.24) is 0 Å². The first-order valence-electron chi connectivity index (χ1n) is 8.76. The quantitative estimate of drug-likeness (QED) is 0.729. The third-order valence-corrected chi connectivity index (χ3v) is 4.90. The molecule has 19 heavy (non-hydrogen) atoms. The number of allylic oxidation sites excluding steroid dienone is 1. The molecule has 0 heterocycles. The fourth-order valence-corrected chi connectivity index (χ4v) is 2.99. The molecule has 1 nitrogen and oxygen atoms in total. The Morgan fingerprint density at radius 1 is 1.32 bits per heavy atom. The van der Waals surface area contributed by atoms with Gasteiger partial charge in [-0.05, 0) is 37.1 Å². The van der Waals surface area contributed by atoms with Gasteiger partial charge >= 0.3 is 0 Å². The van der Waals surface area contributed by atoms with Gasteiger partial charge in [-0.15, -0.1) is 0 Å². The van der Waals surface area contributed by atoms with Gasteiger partial charge < -0.3 is 0 Å². The average Bonchev–Trinajstić information content (AvgIpc) is 2.64. The van der Waals surface area contributed by atoms with Crippen LogP contribution >= 0.6 is 0 Å². The molecule has 2 bridgehead atoms. The van der Waals surface area contributed by atoms with Crippen molar-refractivity contribution in [3.05, 3.63) is 41.0 Å². The minimum atomic E-state index is -2.30. The van der Waals surface area contributed by atoms with Gasteiger partial charge in [0.15, 0.2) is 0 Å². The van der Waals surface area contributed by atoms with Gasteiger partial charge in [0.25, 0.3) is 0 Å². The summed E-state index contributed by atoms with van der Waals surface area (Å²) in [5.74, 6) is -2.34. The predicted octanol–water partition coefficient (Wildman–Crippen LogP) is 4.40. The van der Waals surface area contributed by atoms with E-state index in [-0.39, 0.29) is 0 Å². The van der Waals surface area contributed by atoms with Crippen LogP contribution < -0.4 is 0 Å². The molecule has 3 atom stereocenters.